The zero-order chi connectivity index (χ0) is 15.2. The Bertz CT molecular complexity index is 739. The maximum absolute atomic E-state index is 11.5. The summed E-state index contributed by atoms with van der Waals surface area (Å²) in [6.45, 7) is 7.58. The Morgan fingerprint density at radius 2 is 2.43 bits per heavy atom. The van der Waals surface area contributed by atoms with Gasteiger partial charge in [-0.25, -0.2) is 0 Å². The van der Waals surface area contributed by atoms with E-state index in [0.717, 1.165) is 16.8 Å². The normalized spacial score (nSPS) is 11.2. The Kier molecular flexibility index (Phi) is 4.50. The van der Waals surface area contributed by atoms with E-state index < -0.39 is 0 Å². The van der Waals surface area contributed by atoms with Crippen molar-refractivity contribution in [2.75, 3.05) is 11.9 Å². The van der Waals surface area contributed by atoms with E-state index in [1.807, 2.05) is 13.2 Å². The average Bonchev–Trinajstić information content (AvgIpc) is 2.90. The van der Waals surface area contributed by atoms with Crippen molar-refractivity contribution in [2.24, 2.45) is 12.0 Å². The lowest BCUT2D eigenvalue weighted by atomic mass is 10.1. The molecule has 2 aromatic heterocycles. The number of allylic oxidation sites excluding steroid dienone is 2. The molecular weight excluding hydrogens is 266 g/mol. The Hall–Kier alpha value is -2.89. The molecule has 0 radical (unpaired) electrons. The molecule has 0 aromatic carbocycles. The summed E-state index contributed by atoms with van der Waals surface area (Å²) < 4.78 is 1.71. The molecule has 6 nitrogen and oxygen atoms in total. The largest absolute Gasteiger partial charge is 0.379 e. The minimum atomic E-state index is -0.175. The number of H-pyrrole nitrogens is 1. The summed E-state index contributed by atoms with van der Waals surface area (Å²) in [5, 5.41) is 7.33. The Labute approximate surface area is 122 Å². The van der Waals surface area contributed by atoms with Crippen LogP contribution in [0.2, 0.25) is 0 Å². The van der Waals surface area contributed by atoms with Crippen LogP contribution in [0.1, 0.15) is 0 Å². The maximum Gasteiger partial charge on any atom is 0.250 e. The van der Waals surface area contributed by atoms with Gasteiger partial charge >= 0.3 is 0 Å². The number of hydrogen-bond acceptors (Lipinski definition) is 4. The van der Waals surface area contributed by atoms with Crippen molar-refractivity contribution in [3.8, 4) is 11.1 Å². The molecule has 0 aliphatic carbocycles. The van der Waals surface area contributed by atoms with Crippen LogP contribution in [0.3, 0.4) is 0 Å². The van der Waals surface area contributed by atoms with E-state index in [1.165, 1.54) is 6.07 Å². The number of aryl methyl sites for hydroxylation is 1. The molecule has 0 unspecified atom stereocenters. The molecule has 0 saturated carbocycles. The van der Waals surface area contributed by atoms with Crippen LogP contribution in [0.5, 0.6) is 0 Å². The van der Waals surface area contributed by atoms with Crippen LogP contribution in [0, 0.1) is 0 Å². The zero-order valence-electron chi connectivity index (χ0n) is 11.8. The predicted molar refractivity (Wildman–Crippen MR) is 85.6 cm³/mol. The topological polar surface area (TPSA) is 75.1 Å². The van der Waals surface area contributed by atoms with Crippen LogP contribution in [-0.2, 0) is 7.05 Å². The number of hydrogen-bond donors (Lipinski definition) is 2. The lowest BCUT2D eigenvalue weighted by molar-refractivity contribution is 0.768. The first-order valence-electron chi connectivity index (χ1n) is 6.38. The fourth-order valence-electron chi connectivity index (χ4n) is 1.91. The van der Waals surface area contributed by atoms with Crippen LogP contribution in [0.25, 0.3) is 11.1 Å². The Morgan fingerprint density at radius 3 is 3.05 bits per heavy atom. The van der Waals surface area contributed by atoms with Crippen LogP contribution in [0.15, 0.2) is 58.9 Å². The molecular formula is C15H17N5O. The second-order valence-electron chi connectivity index (χ2n) is 4.43. The van der Waals surface area contributed by atoms with Crippen molar-refractivity contribution in [3.63, 3.8) is 0 Å². The van der Waals surface area contributed by atoms with Gasteiger partial charge < -0.3 is 10.3 Å². The standard InChI is InChI=1S/C15H17N5O/c1-4-5-12(16-2)8-17-14-6-15(21)18-9-13(14)11-7-19-20(3)10-11/h4-7,9-10H,1-2,8H2,3H3,(H2,17,18,21)/b12-5-. The first-order valence-corrected chi connectivity index (χ1v) is 6.38. The van der Waals surface area contributed by atoms with Crippen molar-refractivity contribution in [3.05, 3.63) is 59.4 Å². The Balaban J connectivity index is 2.32. The molecule has 2 aromatic rings. The summed E-state index contributed by atoms with van der Waals surface area (Å²) in [6.07, 6.45) is 8.69. The van der Waals surface area contributed by atoms with Gasteiger partial charge in [0, 0.05) is 42.3 Å². The summed E-state index contributed by atoms with van der Waals surface area (Å²) in [5.74, 6) is 0. The minimum Gasteiger partial charge on any atom is -0.379 e. The zero-order valence-corrected chi connectivity index (χ0v) is 11.8. The smallest absolute Gasteiger partial charge is 0.250 e. The summed E-state index contributed by atoms with van der Waals surface area (Å²) in [5.41, 5.74) is 3.06. The van der Waals surface area contributed by atoms with Crippen LogP contribution < -0.4 is 10.9 Å². The van der Waals surface area contributed by atoms with Crippen molar-refractivity contribution in [2.45, 2.75) is 0 Å². The van der Waals surface area contributed by atoms with E-state index in [9.17, 15) is 4.79 Å². The molecule has 0 atom stereocenters. The fourth-order valence-corrected chi connectivity index (χ4v) is 1.91. The quantitative estimate of drug-likeness (QED) is 0.628. The summed E-state index contributed by atoms with van der Waals surface area (Å²) in [6, 6.07) is 1.51. The monoisotopic (exact) mass is 283 g/mol. The number of aromatic amines is 1. The van der Waals surface area contributed by atoms with Crippen LogP contribution >= 0.6 is 0 Å². The van der Waals surface area contributed by atoms with Crippen molar-refractivity contribution in [1.82, 2.24) is 14.8 Å². The van der Waals surface area contributed by atoms with Crippen molar-refractivity contribution >= 4 is 12.4 Å². The van der Waals surface area contributed by atoms with Gasteiger partial charge in [0.25, 0.3) is 0 Å². The molecule has 0 amide bonds. The predicted octanol–water partition coefficient (Wildman–Crippen LogP) is 1.96. The van der Waals surface area contributed by atoms with Gasteiger partial charge in [0.2, 0.25) is 5.56 Å². The van der Waals surface area contributed by atoms with E-state index in [2.05, 4.69) is 33.7 Å². The summed E-state index contributed by atoms with van der Waals surface area (Å²) in [7, 11) is 1.84. The molecule has 0 fully saturated rings. The maximum atomic E-state index is 11.5. The van der Waals surface area contributed by atoms with E-state index in [-0.39, 0.29) is 5.56 Å². The minimum absolute atomic E-state index is 0.175. The van der Waals surface area contributed by atoms with E-state index in [1.54, 1.807) is 29.2 Å². The van der Waals surface area contributed by atoms with Gasteiger partial charge in [-0.1, -0.05) is 12.7 Å². The van der Waals surface area contributed by atoms with Gasteiger partial charge in [0.15, 0.2) is 0 Å². The van der Waals surface area contributed by atoms with Gasteiger partial charge in [0.05, 0.1) is 18.4 Å². The molecule has 2 heterocycles. The highest BCUT2D eigenvalue weighted by Gasteiger charge is 2.08. The van der Waals surface area contributed by atoms with E-state index in [0.29, 0.717) is 12.2 Å². The molecule has 6 heteroatoms. The molecule has 21 heavy (non-hydrogen) atoms. The second kappa shape index (κ2) is 6.51. The average molecular weight is 283 g/mol. The molecule has 0 spiro atoms. The first kappa shape index (κ1) is 14.5. The highest BCUT2D eigenvalue weighted by molar-refractivity contribution is 5.76. The highest BCUT2D eigenvalue weighted by atomic mass is 16.1. The highest BCUT2D eigenvalue weighted by Crippen LogP contribution is 2.25. The first-order chi connectivity index (χ1) is 10.1. The number of nitrogens with zero attached hydrogens (tertiary/aromatic N) is 3. The van der Waals surface area contributed by atoms with Crippen molar-refractivity contribution in [1.29, 1.82) is 0 Å². The molecule has 2 N–H and O–H groups in total. The lowest BCUT2D eigenvalue weighted by Gasteiger charge is -2.10. The number of aromatic nitrogens is 3. The van der Waals surface area contributed by atoms with E-state index >= 15 is 0 Å². The fraction of sp³-hybridized carbons (Fsp3) is 0.133. The SMILES string of the molecule is C=C/C=C(/CNc1cc(=O)[nH]cc1-c1cnn(C)c1)N=C. The summed E-state index contributed by atoms with van der Waals surface area (Å²) in [4.78, 5) is 18.1. The van der Waals surface area contributed by atoms with E-state index in [4.69, 9.17) is 0 Å². The molecule has 2 rings (SSSR count). The third kappa shape index (κ3) is 3.56. The number of pyridine rings is 1. The second-order valence-corrected chi connectivity index (χ2v) is 4.43. The van der Waals surface area contributed by atoms with Gasteiger partial charge in [0.1, 0.15) is 0 Å². The molecule has 0 bridgehead atoms. The van der Waals surface area contributed by atoms with Crippen molar-refractivity contribution < 1.29 is 0 Å². The molecule has 0 aliphatic heterocycles. The van der Waals surface area contributed by atoms with Gasteiger partial charge in [-0.15, -0.1) is 0 Å². The number of rotatable bonds is 6. The Morgan fingerprint density at radius 1 is 1.62 bits per heavy atom. The van der Waals surface area contributed by atoms with Gasteiger partial charge in [-0.3, -0.25) is 14.5 Å². The third-order valence-electron chi connectivity index (χ3n) is 2.91. The number of nitrogens with one attached hydrogen (secondary N) is 2. The van der Waals surface area contributed by atoms with Gasteiger partial charge in [-0.05, 0) is 12.8 Å². The number of aliphatic imine (C=N–C) groups is 1. The molecule has 0 aliphatic rings. The van der Waals surface area contributed by atoms with Crippen LogP contribution in [-0.4, -0.2) is 28.0 Å². The number of anilines is 1. The lowest BCUT2D eigenvalue weighted by Crippen LogP contribution is -2.10. The van der Waals surface area contributed by atoms with Crippen LogP contribution in [0.4, 0.5) is 5.69 Å². The molecule has 0 saturated heterocycles. The van der Waals surface area contributed by atoms with Gasteiger partial charge in [-0.2, -0.15) is 5.10 Å². The molecule has 108 valence electrons. The third-order valence-corrected chi connectivity index (χ3v) is 2.91. The summed E-state index contributed by atoms with van der Waals surface area (Å²) >= 11 is 0.